The molecule has 0 spiro atoms. The van der Waals surface area contributed by atoms with Gasteiger partial charge < -0.3 is 4.74 Å². The Morgan fingerprint density at radius 3 is 2.65 bits per heavy atom. The quantitative estimate of drug-likeness (QED) is 0.768. The normalized spacial score (nSPS) is 13.0. The highest BCUT2D eigenvalue weighted by Crippen LogP contribution is 2.22. The lowest BCUT2D eigenvalue weighted by molar-refractivity contribution is 0.0848. The van der Waals surface area contributed by atoms with E-state index in [9.17, 15) is 0 Å². The molecule has 0 amide bonds. The maximum absolute atomic E-state index is 5.76. The van der Waals surface area contributed by atoms with Gasteiger partial charge in [0, 0.05) is 13.7 Å². The van der Waals surface area contributed by atoms with Crippen LogP contribution < -0.4 is 0 Å². The van der Waals surface area contributed by atoms with Crippen LogP contribution in [0.5, 0.6) is 0 Å². The summed E-state index contributed by atoms with van der Waals surface area (Å²) in [6.45, 7) is 8.02. The predicted octanol–water partition coefficient (Wildman–Crippen LogP) is 3.70. The van der Waals surface area contributed by atoms with Crippen molar-refractivity contribution in [3.05, 3.63) is 15.9 Å². The second kappa shape index (κ2) is 7.17. The van der Waals surface area contributed by atoms with Gasteiger partial charge in [-0.2, -0.15) is 5.10 Å². The Kier molecular flexibility index (Phi) is 6.20. The number of aryl methyl sites for hydroxylation is 2. The standard InChI is InChI=1S/C13H23BrN2O/c1-5-7-10(3)8-17-9-12-13(14)11(6-2)15-16(12)4/h10H,5-9H2,1-4H3. The molecule has 98 valence electrons. The van der Waals surface area contributed by atoms with Crippen LogP contribution in [0, 0.1) is 5.92 Å². The van der Waals surface area contributed by atoms with Crippen molar-refractivity contribution in [2.24, 2.45) is 13.0 Å². The van der Waals surface area contributed by atoms with Gasteiger partial charge in [-0.3, -0.25) is 4.68 Å². The zero-order chi connectivity index (χ0) is 12.8. The number of aromatic nitrogens is 2. The third-order valence-corrected chi connectivity index (χ3v) is 3.84. The second-order valence-corrected chi connectivity index (χ2v) is 5.39. The smallest absolute Gasteiger partial charge is 0.0896 e. The van der Waals surface area contributed by atoms with Crippen LogP contribution in [0.2, 0.25) is 0 Å². The van der Waals surface area contributed by atoms with Crippen molar-refractivity contribution in [3.63, 3.8) is 0 Å². The summed E-state index contributed by atoms with van der Waals surface area (Å²) < 4.78 is 8.78. The Hall–Kier alpha value is -0.350. The number of nitrogens with zero attached hydrogens (tertiary/aromatic N) is 2. The van der Waals surface area contributed by atoms with Gasteiger partial charge in [-0.1, -0.05) is 27.2 Å². The summed E-state index contributed by atoms with van der Waals surface area (Å²) in [5.41, 5.74) is 2.23. The lowest BCUT2D eigenvalue weighted by atomic mass is 10.1. The van der Waals surface area contributed by atoms with Gasteiger partial charge in [0.25, 0.3) is 0 Å². The van der Waals surface area contributed by atoms with Crippen LogP contribution in [-0.2, 0) is 24.8 Å². The van der Waals surface area contributed by atoms with Crippen LogP contribution in [-0.4, -0.2) is 16.4 Å². The van der Waals surface area contributed by atoms with Crippen molar-refractivity contribution in [1.82, 2.24) is 9.78 Å². The molecule has 0 saturated heterocycles. The number of ether oxygens (including phenoxy) is 1. The molecule has 1 atom stereocenters. The molecule has 1 unspecified atom stereocenters. The molecule has 17 heavy (non-hydrogen) atoms. The molecular formula is C13H23BrN2O. The first-order valence-electron chi connectivity index (χ1n) is 6.38. The third kappa shape index (κ3) is 4.11. The Bertz CT molecular complexity index is 349. The molecule has 0 aliphatic heterocycles. The fourth-order valence-electron chi connectivity index (χ4n) is 1.91. The van der Waals surface area contributed by atoms with Gasteiger partial charge in [0.1, 0.15) is 0 Å². The average molecular weight is 303 g/mol. The first kappa shape index (κ1) is 14.7. The maximum Gasteiger partial charge on any atom is 0.0896 e. The fourth-order valence-corrected chi connectivity index (χ4v) is 2.64. The predicted molar refractivity (Wildman–Crippen MR) is 74.0 cm³/mol. The van der Waals surface area contributed by atoms with Gasteiger partial charge >= 0.3 is 0 Å². The van der Waals surface area contributed by atoms with E-state index in [1.807, 2.05) is 11.7 Å². The van der Waals surface area contributed by atoms with E-state index in [1.165, 1.54) is 12.8 Å². The van der Waals surface area contributed by atoms with Crippen molar-refractivity contribution < 1.29 is 4.74 Å². The molecular weight excluding hydrogens is 280 g/mol. The average Bonchev–Trinajstić information content (AvgIpc) is 2.56. The van der Waals surface area contributed by atoms with E-state index in [4.69, 9.17) is 4.74 Å². The highest BCUT2D eigenvalue weighted by Gasteiger charge is 2.12. The van der Waals surface area contributed by atoms with Crippen LogP contribution in [0.4, 0.5) is 0 Å². The molecule has 1 aromatic rings. The zero-order valence-corrected chi connectivity index (χ0v) is 12.9. The SMILES string of the molecule is CCCC(C)COCc1c(Br)c(CC)nn1C. The highest BCUT2D eigenvalue weighted by atomic mass is 79.9. The number of halogens is 1. The molecule has 1 heterocycles. The number of rotatable bonds is 7. The van der Waals surface area contributed by atoms with Crippen molar-refractivity contribution in [3.8, 4) is 0 Å². The topological polar surface area (TPSA) is 27.1 Å². The fraction of sp³-hybridized carbons (Fsp3) is 0.769. The van der Waals surface area contributed by atoms with E-state index < -0.39 is 0 Å². The first-order chi connectivity index (χ1) is 8.10. The van der Waals surface area contributed by atoms with Crippen molar-refractivity contribution in [1.29, 1.82) is 0 Å². The van der Waals surface area contributed by atoms with Crippen molar-refractivity contribution in [2.75, 3.05) is 6.61 Å². The molecule has 0 aromatic carbocycles. The summed E-state index contributed by atoms with van der Waals surface area (Å²) >= 11 is 3.60. The Balaban J connectivity index is 2.49. The molecule has 4 heteroatoms. The van der Waals surface area contributed by atoms with E-state index in [1.54, 1.807) is 0 Å². The van der Waals surface area contributed by atoms with Crippen molar-refractivity contribution in [2.45, 2.75) is 46.6 Å². The van der Waals surface area contributed by atoms with E-state index in [0.29, 0.717) is 12.5 Å². The van der Waals surface area contributed by atoms with Gasteiger partial charge in [0.05, 0.1) is 22.5 Å². The van der Waals surface area contributed by atoms with Gasteiger partial charge in [0.15, 0.2) is 0 Å². The van der Waals surface area contributed by atoms with Gasteiger partial charge in [-0.25, -0.2) is 0 Å². The maximum atomic E-state index is 5.76. The lowest BCUT2D eigenvalue weighted by Crippen LogP contribution is -2.08. The monoisotopic (exact) mass is 302 g/mol. The number of hydrogen-bond acceptors (Lipinski definition) is 2. The summed E-state index contributed by atoms with van der Waals surface area (Å²) in [7, 11) is 1.97. The zero-order valence-electron chi connectivity index (χ0n) is 11.3. The highest BCUT2D eigenvalue weighted by molar-refractivity contribution is 9.10. The summed E-state index contributed by atoms with van der Waals surface area (Å²) in [6, 6.07) is 0. The number of hydrogen-bond donors (Lipinski definition) is 0. The summed E-state index contributed by atoms with van der Waals surface area (Å²) in [5, 5.41) is 4.45. The van der Waals surface area contributed by atoms with Crippen LogP contribution >= 0.6 is 15.9 Å². The van der Waals surface area contributed by atoms with E-state index in [0.717, 1.165) is 28.9 Å². The molecule has 0 saturated carbocycles. The molecule has 0 aliphatic rings. The van der Waals surface area contributed by atoms with Crippen LogP contribution in [0.25, 0.3) is 0 Å². The van der Waals surface area contributed by atoms with E-state index in [2.05, 4.69) is 41.8 Å². The summed E-state index contributed by atoms with van der Waals surface area (Å²) in [5.74, 6) is 0.637. The summed E-state index contributed by atoms with van der Waals surface area (Å²) in [4.78, 5) is 0. The second-order valence-electron chi connectivity index (χ2n) is 4.59. The van der Waals surface area contributed by atoms with Gasteiger partial charge in [-0.05, 0) is 34.7 Å². The van der Waals surface area contributed by atoms with Crippen LogP contribution in [0.15, 0.2) is 4.47 Å². The minimum absolute atomic E-state index is 0.637. The lowest BCUT2D eigenvalue weighted by Gasteiger charge is -2.11. The van der Waals surface area contributed by atoms with Crippen LogP contribution in [0.3, 0.4) is 0 Å². The Morgan fingerprint density at radius 2 is 2.12 bits per heavy atom. The van der Waals surface area contributed by atoms with E-state index in [-0.39, 0.29) is 0 Å². The molecule has 0 fully saturated rings. The molecule has 3 nitrogen and oxygen atoms in total. The third-order valence-electron chi connectivity index (χ3n) is 2.93. The minimum atomic E-state index is 0.637. The summed E-state index contributed by atoms with van der Waals surface area (Å²) in [6.07, 6.45) is 3.40. The molecule has 0 N–H and O–H groups in total. The Labute approximate surface area is 113 Å². The van der Waals surface area contributed by atoms with Crippen molar-refractivity contribution >= 4 is 15.9 Å². The van der Waals surface area contributed by atoms with E-state index >= 15 is 0 Å². The Morgan fingerprint density at radius 1 is 1.41 bits per heavy atom. The largest absolute Gasteiger partial charge is 0.375 e. The molecule has 1 rings (SSSR count). The molecule has 1 aromatic heterocycles. The van der Waals surface area contributed by atoms with Crippen LogP contribution in [0.1, 0.15) is 45.0 Å². The first-order valence-corrected chi connectivity index (χ1v) is 7.17. The van der Waals surface area contributed by atoms with Gasteiger partial charge in [-0.15, -0.1) is 0 Å². The molecule has 0 radical (unpaired) electrons. The van der Waals surface area contributed by atoms with Gasteiger partial charge in [0.2, 0.25) is 0 Å². The molecule has 0 aliphatic carbocycles. The minimum Gasteiger partial charge on any atom is -0.375 e. The molecule has 0 bridgehead atoms.